The number of rotatable bonds is 12. The summed E-state index contributed by atoms with van der Waals surface area (Å²) in [5.74, 6) is -1.50. The van der Waals surface area contributed by atoms with E-state index in [9.17, 15) is 24.2 Å². The molecule has 0 radical (unpaired) electrons. The van der Waals surface area contributed by atoms with Crippen LogP contribution in [-0.4, -0.2) is 56.3 Å². The fourth-order valence-corrected chi connectivity index (χ4v) is 4.01. The highest BCUT2D eigenvalue weighted by molar-refractivity contribution is 5.95. The van der Waals surface area contributed by atoms with Crippen molar-refractivity contribution in [1.29, 1.82) is 0 Å². The number of halogens is 1. The van der Waals surface area contributed by atoms with Gasteiger partial charge < -0.3 is 25.4 Å². The van der Waals surface area contributed by atoms with E-state index in [1.165, 1.54) is 35.0 Å². The molecule has 0 aliphatic rings. The lowest BCUT2D eigenvalue weighted by Crippen LogP contribution is -2.24. The van der Waals surface area contributed by atoms with E-state index in [-0.39, 0.29) is 24.6 Å². The maximum atomic E-state index is 13.6. The highest BCUT2D eigenvalue weighted by atomic mass is 19.1. The van der Waals surface area contributed by atoms with Gasteiger partial charge in [0, 0.05) is 18.5 Å². The van der Waals surface area contributed by atoms with Crippen LogP contribution in [0.2, 0.25) is 0 Å². The number of amides is 1. The van der Waals surface area contributed by atoms with Crippen LogP contribution in [0, 0.1) is 5.82 Å². The Kier molecular flexibility index (Phi) is 9.75. The summed E-state index contributed by atoms with van der Waals surface area (Å²) in [6.07, 6.45) is -0.0665. The highest BCUT2D eigenvalue weighted by Gasteiger charge is 2.25. The number of aliphatic carboxylic acids is 1. The fraction of sp³-hybridized carbons (Fsp3) is 0.321. The molecule has 38 heavy (non-hydrogen) atoms. The maximum Gasteiger partial charge on any atom is 0.305 e. The molecule has 0 saturated heterocycles. The van der Waals surface area contributed by atoms with Gasteiger partial charge in [-0.15, -0.1) is 0 Å². The highest BCUT2D eigenvalue weighted by Crippen LogP contribution is 2.28. The van der Waals surface area contributed by atoms with E-state index in [2.05, 4.69) is 10.4 Å². The standard InChI is InChI=1S/C28H32FN3O6/c1-17(2)26-24(12-11-21(33)14-22(34)15-25(35)36)32(20-9-7-19(29)8-10-20)31-27(26)28(37)30-16-18-5-4-6-23(13-18)38-3/h4-13,17,21-22,33-34H,14-16H2,1-3H3,(H,30,37)(H,35,36)/b12-11+/t21-,22-/m1/s1. The molecule has 1 heterocycles. The van der Waals surface area contributed by atoms with E-state index in [4.69, 9.17) is 9.84 Å². The first-order valence-corrected chi connectivity index (χ1v) is 12.1. The predicted molar refractivity (Wildman–Crippen MR) is 140 cm³/mol. The number of carbonyl (C=O) groups excluding carboxylic acids is 1. The van der Waals surface area contributed by atoms with Crippen LogP contribution in [0.3, 0.4) is 0 Å². The van der Waals surface area contributed by atoms with E-state index in [1.807, 2.05) is 32.0 Å². The lowest BCUT2D eigenvalue weighted by Gasteiger charge is -2.12. The largest absolute Gasteiger partial charge is 0.497 e. The number of carboxylic acids is 1. The van der Waals surface area contributed by atoms with Gasteiger partial charge >= 0.3 is 5.97 Å². The Morgan fingerprint density at radius 1 is 1.16 bits per heavy atom. The average Bonchev–Trinajstić information content (AvgIpc) is 3.26. The van der Waals surface area contributed by atoms with Gasteiger partial charge in [-0.2, -0.15) is 5.10 Å². The summed E-state index contributed by atoms with van der Waals surface area (Å²) < 4.78 is 20.3. The minimum absolute atomic E-state index is 0.156. The Labute approximate surface area is 220 Å². The summed E-state index contributed by atoms with van der Waals surface area (Å²) >= 11 is 0. The number of ether oxygens (including phenoxy) is 1. The number of aliphatic hydroxyl groups excluding tert-OH is 2. The molecule has 0 unspecified atom stereocenters. The van der Waals surface area contributed by atoms with E-state index in [0.29, 0.717) is 22.7 Å². The van der Waals surface area contributed by atoms with Crippen molar-refractivity contribution in [3.63, 3.8) is 0 Å². The molecule has 0 aliphatic carbocycles. The molecule has 4 N–H and O–H groups in total. The van der Waals surface area contributed by atoms with Crippen LogP contribution in [0.15, 0.2) is 54.6 Å². The Morgan fingerprint density at radius 3 is 2.50 bits per heavy atom. The lowest BCUT2D eigenvalue weighted by atomic mass is 9.98. The number of methoxy groups -OCH3 is 1. The zero-order chi connectivity index (χ0) is 27.8. The van der Waals surface area contributed by atoms with Crippen LogP contribution in [-0.2, 0) is 11.3 Å². The molecule has 3 aromatic rings. The van der Waals surface area contributed by atoms with Gasteiger partial charge in [-0.05, 0) is 54.0 Å². The van der Waals surface area contributed by atoms with E-state index in [1.54, 1.807) is 19.3 Å². The van der Waals surface area contributed by atoms with Gasteiger partial charge in [0.15, 0.2) is 5.69 Å². The normalized spacial score (nSPS) is 13.0. The molecular formula is C28H32FN3O6. The molecule has 1 aromatic heterocycles. The molecule has 9 nitrogen and oxygen atoms in total. The van der Waals surface area contributed by atoms with Crippen molar-refractivity contribution in [2.75, 3.05) is 7.11 Å². The Morgan fingerprint density at radius 2 is 1.87 bits per heavy atom. The van der Waals surface area contributed by atoms with Crippen LogP contribution in [0.25, 0.3) is 11.8 Å². The number of aromatic nitrogens is 2. The second-order valence-corrected chi connectivity index (χ2v) is 9.14. The SMILES string of the molecule is COc1cccc(CNC(=O)c2nn(-c3ccc(F)cc3)c(/C=C/[C@@H](O)C[C@@H](O)CC(=O)O)c2C(C)C)c1. The molecule has 2 aromatic carbocycles. The lowest BCUT2D eigenvalue weighted by molar-refractivity contribution is -0.139. The molecule has 0 spiro atoms. The van der Waals surface area contributed by atoms with Gasteiger partial charge in [-0.25, -0.2) is 9.07 Å². The monoisotopic (exact) mass is 525 g/mol. The smallest absolute Gasteiger partial charge is 0.305 e. The number of nitrogens with one attached hydrogen (secondary N) is 1. The van der Waals surface area contributed by atoms with Gasteiger partial charge in [0.1, 0.15) is 11.6 Å². The minimum Gasteiger partial charge on any atom is -0.497 e. The van der Waals surface area contributed by atoms with E-state index >= 15 is 0 Å². The van der Waals surface area contributed by atoms with Gasteiger partial charge in [-0.1, -0.05) is 32.1 Å². The predicted octanol–water partition coefficient (Wildman–Crippen LogP) is 3.67. The Hall–Kier alpha value is -4.02. The van der Waals surface area contributed by atoms with E-state index in [0.717, 1.165) is 5.56 Å². The van der Waals surface area contributed by atoms with Crippen molar-refractivity contribution in [2.24, 2.45) is 0 Å². The summed E-state index contributed by atoms with van der Waals surface area (Å²) in [5.41, 5.74) is 2.61. The third kappa shape index (κ3) is 7.50. The third-order valence-corrected chi connectivity index (χ3v) is 5.81. The van der Waals surface area contributed by atoms with Crippen molar-refractivity contribution < 1.29 is 34.0 Å². The summed E-state index contributed by atoms with van der Waals surface area (Å²) in [4.78, 5) is 24.1. The van der Waals surface area contributed by atoms with Crippen molar-refractivity contribution >= 4 is 18.0 Å². The van der Waals surface area contributed by atoms with Gasteiger partial charge in [0.05, 0.1) is 37.1 Å². The number of carboxylic acid groups (broad SMARTS) is 1. The molecule has 10 heteroatoms. The number of aliphatic hydroxyl groups is 2. The van der Waals surface area contributed by atoms with Gasteiger partial charge in [0.25, 0.3) is 5.91 Å². The quantitative estimate of drug-likeness (QED) is 0.283. The van der Waals surface area contributed by atoms with Gasteiger partial charge in [0.2, 0.25) is 0 Å². The molecule has 0 saturated carbocycles. The first-order valence-electron chi connectivity index (χ1n) is 12.1. The number of nitrogens with zero attached hydrogens (tertiary/aromatic N) is 2. The van der Waals surface area contributed by atoms with E-state index < -0.39 is 36.3 Å². The topological polar surface area (TPSA) is 134 Å². The van der Waals surface area contributed by atoms with Crippen molar-refractivity contribution in [1.82, 2.24) is 15.1 Å². The molecular weight excluding hydrogens is 493 g/mol. The number of carbonyl (C=O) groups is 2. The molecule has 202 valence electrons. The zero-order valence-electron chi connectivity index (χ0n) is 21.5. The number of benzene rings is 2. The fourth-order valence-electron chi connectivity index (χ4n) is 4.01. The van der Waals surface area contributed by atoms with Crippen molar-refractivity contribution in [2.45, 2.75) is 51.4 Å². The van der Waals surface area contributed by atoms with Gasteiger partial charge in [-0.3, -0.25) is 9.59 Å². The minimum atomic E-state index is -1.23. The first-order chi connectivity index (χ1) is 18.1. The van der Waals surface area contributed by atoms with Crippen LogP contribution < -0.4 is 10.1 Å². The molecule has 0 aliphatic heterocycles. The second-order valence-electron chi connectivity index (χ2n) is 9.14. The third-order valence-electron chi connectivity index (χ3n) is 5.81. The Balaban J connectivity index is 1.96. The molecule has 1 amide bonds. The summed E-state index contributed by atoms with van der Waals surface area (Å²) in [7, 11) is 1.56. The second kappa shape index (κ2) is 13.0. The molecule has 3 rings (SSSR count). The number of hydrogen-bond donors (Lipinski definition) is 4. The van der Waals surface area contributed by atoms with Crippen LogP contribution in [0.5, 0.6) is 5.75 Å². The van der Waals surface area contributed by atoms with Crippen molar-refractivity contribution in [3.05, 3.63) is 82.9 Å². The summed E-state index contributed by atoms with van der Waals surface area (Å²) in [5, 5.41) is 36.5. The number of hydrogen-bond acceptors (Lipinski definition) is 6. The Bertz CT molecular complexity index is 1290. The average molecular weight is 526 g/mol. The molecule has 2 atom stereocenters. The summed E-state index contributed by atoms with van der Waals surface area (Å²) in [6, 6.07) is 12.9. The zero-order valence-corrected chi connectivity index (χ0v) is 21.5. The van der Waals surface area contributed by atoms with Crippen LogP contribution in [0.4, 0.5) is 4.39 Å². The van der Waals surface area contributed by atoms with Crippen LogP contribution >= 0.6 is 0 Å². The summed E-state index contributed by atoms with van der Waals surface area (Å²) in [6.45, 7) is 4.03. The molecule has 0 fully saturated rings. The molecule has 0 bridgehead atoms. The van der Waals surface area contributed by atoms with Crippen molar-refractivity contribution in [3.8, 4) is 11.4 Å². The van der Waals surface area contributed by atoms with Crippen LogP contribution in [0.1, 0.15) is 59.9 Å². The maximum absolute atomic E-state index is 13.6. The first kappa shape index (κ1) is 28.5.